The molecule has 0 unspecified atom stereocenters. The van der Waals surface area contributed by atoms with E-state index >= 15 is 0 Å². The quantitative estimate of drug-likeness (QED) is 0.862. The Kier molecular flexibility index (Phi) is 4.23. The van der Waals surface area contributed by atoms with Gasteiger partial charge in [0.2, 0.25) is 0 Å². The number of hydrogen-bond donors (Lipinski definition) is 2. The summed E-state index contributed by atoms with van der Waals surface area (Å²) in [6.07, 6.45) is 2.37. The molecule has 1 saturated carbocycles. The number of H-pyrrole nitrogens is 1. The number of alkyl carbamates (subject to hydrolysis) is 1. The Labute approximate surface area is 139 Å². The number of amides is 2. The van der Waals surface area contributed by atoms with Crippen molar-refractivity contribution in [1.82, 2.24) is 20.4 Å². The zero-order valence-corrected chi connectivity index (χ0v) is 14.1. The molecule has 24 heavy (non-hydrogen) atoms. The minimum absolute atomic E-state index is 0.0192. The standard InChI is InChI=1S/C16H23FN4O3/c1-16(2,3)24-15(23)19-12-5-4-9-7-21(8-10(9)12)14(22)13-11(17)6-18-20-13/h6,9-10,12H,4-5,7-8H2,1-3H3,(H,18,20)(H,19,23)/t9-,10+,12+/m0/s1. The highest BCUT2D eigenvalue weighted by Gasteiger charge is 2.45. The van der Waals surface area contributed by atoms with Gasteiger partial charge in [0.1, 0.15) is 5.60 Å². The lowest BCUT2D eigenvalue weighted by Gasteiger charge is -2.24. The van der Waals surface area contributed by atoms with Crippen LogP contribution in [0, 0.1) is 17.7 Å². The molecule has 3 atom stereocenters. The summed E-state index contributed by atoms with van der Waals surface area (Å²) in [6.45, 7) is 6.54. The third-order valence-corrected chi connectivity index (χ3v) is 4.65. The Morgan fingerprint density at radius 1 is 1.38 bits per heavy atom. The molecule has 2 amide bonds. The predicted molar refractivity (Wildman–Crippen MR) is 83.8 cm³/mol. The molecular formula is C16H23FN4O3. The maximum Gasteiger partial charge on any atom is 0.407 e. The molecule has 1 saturated heterocycles. The van der Waals surface area contributed by atoms with Crippen LogP contribution in [-0.2, 0) is 4.74 Å². The fraction of sp³-hybridized carbons (Fsp3) is 0.688. The van der Waals surface area contributed by atoms with Gasteiger partial charge in [0.15, 0.2) is 11.5 Å². The Morgan fingerprint density at radius 3 is 2.75 bits per heavy atom. The summed E-state index contributed by atoms with van der Waals surface area (Å²) in [5.41, 5.74) is -0.649. The average Bonchev–Trinajstić information content (AvgIpc) is 3.13. The van der Waals surface area contributed by atoms with Crippen molar-refractivity contribution >= 4 is 12.0 Å². The molecule has 2 heterocycles. The highest BCUT2D eigenvalue weighted by molar-refractivity contribution is 5.92. The van der Waals surface area contributed by atoms with Gasteiger partial charge in [-0.1, -0.05) is 0 Å². The predicted octanol–water partition coefficient (Wildman–Crippen LogP) is 1.92. The number of fused-ring (bicyclic) bond motifs is 1. The van der Waals surface area contributed by atoms with Crippen LogP contribution in [0.15, 0.2) is 6.20 Å². The second-order valence-electron chi connectivity index (χ2n) is 7.56. The smallest absolute Gasteiger partial charge is 0.407 e. The maximum absolute atomic E-state index is 13.5. The number of aromatic amines is 1. The monoisotopic (exact) mass is 338 g/mol. The number of carbonyl (C=O) groups excluding carboxylic acids is 2. The highest BCUT2D eigenvalue weighted by atomic mass is 19.1. The van der Waals surface area contributed by atoms with E-state index in [0.29, 0.717) is 19.0 Å². The van der Waals surface area contributed by atoms with Gasteiger partial charge >= 0.3 is 6.09 Å². The summed E-state index contributed by atoms with van der Waals surface area (Å²) in [5, 5.41) is 8.88. The SMILES string of the molecule is CC(C)(C)OC(=O)N[C@@H]1CC[C@H]2CN(C(=O)c3[nH]ncc3F)C[C@H]21. The van der Waals surface area contributed by atoms with Gasteiger partial charge < -0.3 is 15.0 Å². The molecule has 8 heteroatoms. The van der Waals surface area contributed by atoms with E-state index in [2.05, 4.69) is 15.5 Å². The average molecular weight is 338 g/mol. The number of likely N-dealkylation sites (tertiary alicyclic amines) is 1. The van der Waals surface area contributed by atoms with E-state index in [-0.39, 0.29) is 23.6 Å². The van der Waals surface area contributed by atoms with E-state index < -0.39 is 17.5 Å². The molecule has 0 aromatic carbocycles. The normalized spacial score (nSPS) is 26.3. The van der Waals surface area contributed by atoms with Crippen molar-refractivity contribution in [1.29, 1.82) is 0 Å². The van der Waals surface area contributed by atoms with Gasteiger partial charge in [-0.25, -0.2) is 9.18 Å². The summed E-state index contributed by atoms with van der Waals surface area (Å²) in [7, 11) is 0. The van der Waals surface area contributed by atoms with Crippen molar-refractivity contribution in [3.63, 3.8) is 0 Å². The molecule has 2 N–H and O–H groups in total. The minimum atomic E-state index is -0.638. The highest BCUT2D eigenvalue weighted by Crippen LogP contribution is 2.38. The second kappa shape index (κ2) is 6.07. The Bertz CT molecular complexity index is 640. The van der Waals surface area contributed by atoms with Gasteiger partial charge in [-0.3, -0.25) is 9.89 Å². The summed E-state index contributed by atoms with van der Waals surface area (Å²) in [5.74, 6) is -0.525. The van der Waals surface area contributed by atoms with Gasteiger partial charge in [0, 0.05) is 25.0 Å². The molecule has 0 bridgehead atoms. The van der Waals surface area contributed by atoms with Crippen LogP contribution in [0.1, 0.15) is 44.1 Å². The fourth-order valence-corrected chi connectivity index (χ4v) is 3.65. The van der Waals surface area contributed by atoms with E-state index in [0.717, 1.165) is 19.0 Å². The van der Waals surface area contributed by atoms with Crippen LogP contribution in [0.25, 0.3) is 0 Å². The maximum atomic E-state index is 13.5. The van der Waals surface area contributed by atoms with E-state index in [1.807, 2.05) is 20.8 Å². The Hall–Kier alpha value is -2.12. The second-order valence-corrected chi connectivity index (χ2v) is 7.56. The first-order valence-electron chi connectivity index (χ1n) is 8.22. The van der Waals surface area contributed by atoms with Crippen LogP contribution >= 0.6 is 0 Å². The Balaban J connectivity index is 1.61. The molecule has 0 radical (unpaired) electrons. The topological polar surface area (TPSA) is 87.3 Å². The summed E-state index contributed by atoms with van der Waals surface area (Å²) in [4.78, 5) is 26.0. The molecule has 1 aliphatic heterocycles. The zero-order valence-electron chi connectivity index (χ0n) is 14.1. The van der Waals surface area contributed by atoms with Crippen LogP contribution in [0.4, 0.5) is 9.18 Å². The van der Waals surface area contributed by atoms with E-state index in [9.17, 15) is 14.0 Å². The van der Waals surface area contributed by atoms with Crippen molar-refractivity contribution in [2.24, 2.45) is 11.8 Å². The van der Waals surface area contributed by atoms with Gasteiger partial charge in [-0.2, -0.15) is 5.10 Å². The van der Waals surface area contributed by atoms with Crippen molar-refractivity contribution < 1.29 is 18.7 Å². The molecule has 7 nitrogen and oxygen atoms in total. The molecule has 3 rings (SSSR count). The lowest BCUT2D eigenvalue weighted by molar-refractivity contribution is 0.0491. The zero-order chi connectivity index (χ0) is 17.5. The lowest BCUT2D eigenvalue weighted by atomic mass is 9.98. The van der Waals surface area contributed by atoms with E-state index in [1.165, 1.54) is 0 Å². The lowest BCUT2D eigenvalue weighted by Crippen LogP contribution is -2.42. The third-order valence-electron chi connectivity index (χ3n) is 4.65. The first-order valence-corrected chi connectivity index (χ1v) is 8.22. The first kappa shape index (κ1) is 16.7. The largest absolute Gasteiger partial charge is 0.444 e. The van der Waals surface area contributed by atoms with Crippen molar-refractivity contribution in [2.75, 3.05) is 13.1 Å². The summed E-state index contributed by atoms with van der Waals surface area (Å²) in [6, 6.07) is -0.0192. The first-order chi connectivity index (χ1) is 11.2. The van der Waals surface area contributed by atoms with Crippen LogP contribution < -0.4 is 5.32 Å². The van der Waals surface area contributed by atoms with Gasteiger partial charge in [-0.15, -0.1) is 0 Å². The third kappa shape index (κ3) is 3.37. The fourth-order valence-electron chi connectivity index (χ4n) is 3.65. The molecular weight excluding hydrogens is 315 g/mol. The number of halogens is 1. The molecule has 2 aliphatic rings. The van der Waals surface area contributed by atoms with E-state index in [4.69, 9.17) is 4.74 Å². The number of hydrogen-bond acceptors (Lipinski definition) is 4. The molecule has 1 aromatic heterocycles. The number of nitrogens with zero attached hydrogens (tertiary/aromatic N) is 2. The Morgan fingerprint density at radius 2 is 2.12 bits per heavy atom. The van der Waals surface area contributed by atoms with Crippen molar-refractivity contribution in [3.8, 4) is 0 Å². The number of aromatic nitrogens is 2. The van der Waals surface area contributed by atoms with Crippen LogP contribution in [-0.4, -0.2) is 51.8 Å². The van der Waals surface area contributed by atoms with Gasteiger partial charge in [0.05, 0.1) is 6.20 Å². The molecule has 132 valence electrons. The van der Waals surface area contributed by atoms with Gasteiger partial charge in [-0.05, 0) is 39.5 Å². The van der Waals surface area contributed by atoms with Gasteiger partial charge in [0.25, 0.3) is 5.91 Å². The van der Waals surface area contributed by atoms with Crippen LogP contribution in [0.5, 0.6) is 0 Å². The van der Waals surface area contributed by atoms with Crippen molar-refractivity contribution in [2.45, 2.75) is 45.3 Å². The summed E-state index contributed by atoms with van der Waals surface area (Å²) >= 11 is 0. The minimum Gasteiger partial charge on any atom is -0.444 e. The van der Waals surface area contributed by atoms with Crippen LogP contribution in [0.3, 0.4) is 0 Å². The van der Waals surface area contributed by atoms with Crippen molar-refractivity contribution in [3.05, 3.63) is 17.7 Å². The molecule has 0 spiro atoms. The number of rotatable bonds is 2. The van der Waals surface area contributed by atoms with Crippen LogP contribution in [0.2, 0.25) is 0 Å². The molecule has 1 aliphatic carbocycles. The molecule has 2 fully saturated rings. The number of carbonyl (C=O) groups is 2. The molecule has 1 aromatic rings. The summed E-state index contributed by atoms with van der Waals surface area (Å²) < 4.78 is 18.8. The van der Waals surface area contributed by atoms with E-state index in [1.54, 1.807) is 4.90 Å². The number of ether oxygens (including phenoxy) is 1. The number of nitrogens with one attached hydrogen (secondary N) is 2.